The third-order valence-electron chi connectivity index (χ3n) is 2.83. The summed E-state index contributed by atoms with van der Waals surface area (Å²) < 4.78 is 5.46. The minimum atomic E-state index is -0.358. The van der Waals surface area contributed by atoms with Gasteiger partial charge in [0.15, 0.2) is 5.76 Å². The quantitative estimate of drug-likeness (QED) is 0.699. The smallest absolute Gasteiger partial charge is 0.291 e. The Morgan fingerprint density at radius 3 is 2.60 bits per heavy atom. The van der Waals surface area contributed by atoms with E-state index in [2.05, 4.69) is 5.32 Å². The molecule has 0 unspecified atom stereocenters. The number of halogens is 1. The van der Waals surface area contributed by atoms with E-state index < -0.39 is 0 Å². The number of aromatic hydroxyl groups is 1. The summed E-state index contributed by atoms with van der Waals surface area (Å²) in [4.78, 5) is 12.1. The maximum Gasteiger partial charge on any atom is 0.291 e. The lowest BCUT2D eigenvalue weighted by molar-refractivity contribution is 0.0998. The first-order chi connectivity index (χ1) is 9.61. The van der Waals surface area contributed by atoms with Gasteiger partial charge in [-0.05, 0) is 48.5 Å². The molecule has 3 rings (SSSR count). The molecule has 0 saturated carbocycles. The molecular formula is C15H10ClNO3. The highest BCUT2D eigenvalue weighted by molar-refractivity contribution is 6.31. The fourth-order valence-electron chi connectivity index (χ4n) is 1.86. The number of fused-ring (bicyclic) bond motifs is 1. The van der Waals surface area contributed by atoms with E-state index in [-0.39, 0.29) is 17.4 Å². The number of furan rings is 1. The summed E-state index contributed by atoms with van der Waals surface area (Å²) in [5, 5.41) is 13.2. The van der Waals surface area contributed by atoms with Gasteiger partial charge in [0, 0.05) is 16.1 Å². The van der Waals surface area contributed by atoms with E-state index in [1.165, 1.54) is 12.1 Å². The molecule has 4 nitrogen and oxygen atoms in total. The average Bonchev–Trinajstić information content (AvgIpc) is 2.84. The van der Waals surface area contributed by atoms with Crippen molar-refractivity contribution in [1.82, 2.24) is 0 Å². The Bertz CT molecular complexity index is 777. The van der Waals surface area contributed by atoms with E-state index in [0.717, 1.165) is 5.39 Å². The molecular weight excluding hydrogens is 278 g/mol. The van der Waals surface area contributed by atoms with Crippen molar-refractivity contribution in [1.29, 1.82) is 0 Å². The molecule has 2 N–H and O–H groups in total. The van der Waals surface area contributed by atoms with Gasteiger partial charge in [0.2, 0.25) is 0 Å². The van der Waals surface area contributed by atoms with Gasteiger partial charge in [0.05, 0.1) is 0 Å². The van der Waals surface area contributed by atoms with E-state index in [1.807, 2.05) is 0 Å². The van der Waals surface area contributed by atoms with Crippen molar-refractivity contribution in [3.8, 4) is 5.75 Å². The number of hydrogen-bond donors (Lipinski definition) is 2. The second-order valence-corrected chi connectivity index (χ2v) is 4.73. The van der Waals surface area contributed by atoms with Gasteiger partial charge in [-0.2, -0.15) is 0 Å². The van der Waals surface area contributed by atoms with Crippen LogP contribution in [0.25, 0.3) is 11.0 Å². The monoisotopic (exact) mass is 287 g/mol. The van der Waals surface area contributed by atoms with E-state index in [4.69, 9.17) is 16.0 Å². The van der Waals surface area contributed by atoms with Gasteiger partial charge >= 0.3 is 0 Å². The maximum absolute atomic E-state index is 12.1. The Morgan fingerprint density at radius 2 is 1.85 bits per heavy atom. The molecule has 0 fully saturated rings. The zero-order valence-corrected chi connectivity index (χ0v) is 11.0. The Balaban J connectivity index is 1.86. The van der Waals surface area contributed by atoms with Gasteiger partial charge in [-0.3, -0.25) is 4.79 Å². The molecule has 0 saturated heterocycles. The predicted octanol–water partition coefficient (Wildman–Crippen LogP) is 4.04. The summed E-state index contributed by atoms with van der Waals surface area (Å²) in [7, 11) is 0. The average molecular weight is 288 g/mol. The van der Waals surface area contributed by atoms with Crippen LogP contribution in [-0.4, -0.2) is 11.0 Å². The number of carbonyl (C=O) groups is 1. The molecule has 1 amide bonds. The number of phenolic OH excluding ortho intramolecular Hbond substituents is 1. The van der Waals surface area contributed by atoms with E-state index in [1.54, 1.807) is 36.4 Å². The molecule has 0 radical (unpaired) electrons. The molecule has 0 bridgehead atoms. The van der Waals surface area contributed by atoms with Crippen LogP contribution in [0.2, 0.25) is 5.02 Å². The highest BCUT2D eigenvalue weighted by atomic mass is 35.5. The van der Waals surface area contributed by atoms with Crippen molar-refractivity contribution in [3.05, 3.63) is 59.3 Å². The molecule has 2 aromatic carbocycles. The number of amides is 1. The standard InChI is InChI=1S/C15H10ClNO3/c16-10-1-6-13-9(7-10)8-14(20-13)15(19)17-11-2-4-12(18)5-3-11/h1-8,18H,(H,17,19). The Hall–Kier alpha value is -2.46. The predicted molar refractivity (Wildman–Crippen MR) is 77.3 cm³/mol. The fourth-order valence-corrected chi connectivity index (χ4v) is 2.04. The third kappa shape index (κ3) is 2.46. The summed E-state index contributed by atoms with van der Waals surface area (Å²) in [6.07, 6.45) is 0. The lowest BCUT2D eigenvalue weighted by atomic mass is 10.2. The van der Waals surface area contributed by atoms with Crippen molar-refractivity contribution in [2.24, 2.45) is 0 Å². The topological polar surface area (TPSA) is 62.5 Å². The molecule has 0 atom stereocenters. The second kappa shape index (κ2) is 4.90. The van der Waals surface area contributed by atoms with Crippen LogP contribution in [0, 0.1) is 0 Å². The molecule has 1 aromatic heterocycles. The van der Waals surface area contributed by atoms with Crippen LogP contribution in [0.15, 0.2) is 52.9 Å². The van der Waals surface area contributed by atoms with Crippen molar-refractivity contribution in [2.75, 3.05) is 5.32 Å². The van der Waals surface area contributed by atoms with Gasteiger partial charge < -0.3 is 14.8 Å². The van der Waals surface area contributed by atoms with Crippen LogP contribution in [0.1, 0.15) is 10.6 Å². The number of anilines is 1. The number of hydrogen-bond acceptors (Lipinski definition) is 3. The van der Waals surface area contributed by atoms with E-state index in [0.29, 0.717) is 16.3 Å². The van der Waals surface area contributed by atoms with Crippen molar-refractivity contribution >= 4 is 34.2 Å². The minimum absolute atomic E-state index is 0.140. The largest absolute Gasteiger partial charge is 0.508 e. The van der Waals surface area contributed by atoms with Crippen LogP contribution < -0.4 is 5.32 Å². The van der Waals surface area contributed by atoms with Crippen LogP contribution in [-0.2, 0) is 0 Å². The first kappa shape index (κ1) is 12.6. The lowest BCUT2D eigenvalue weighted by Gasteiger charge is -2.02. The molecule has 5 heteroatoms. The van der Waals surface area contributed by atoms with Crippen LogP contribution in [0.5, 0.6) is 5.75 Å². The van der Waals surface area contributed by atoms with Gasteiger partial charge in [-0.15, -0.1) is 0 Å². The summed E-state index contributed by atoms with van der Waals surface area (Å²) in [6.45, 7) is 0. The second-order valence-electron chi connectivity index (χ2n) is 4.29. The minimum Gasteiger partial charge on any atom is -0.508 e. The molecule has 0 aliphatic carbocycles. The number of carbonyl (C=O) groups excluding carboxylic acids is 1. The summed E-state index contributed by atoms with van der Waals surface area (Å²) >= 11 is 5.89. The normalized spacial score (nSPS) is 10.7. The van der Waals surface area contributed by atoms with Crippen LogP contribution in [0.3, 0.4) is 0 Å². The van der Waals surface area contributed by atoms with Crippen LogP contribution in [0.4, 0.5) is 5.69 Å². The van der Waals surface area contributed by atoms with Gasteiger partial charge in [0.25, 0.3) is 5.91 Å². The highest BCUT2D eigenvalue weighted by Gasteiger charge is 2.12. The molecule has 1 heterocycles. The zero-order valence-electron chi connectivity index (χ0n) is 10.3. The van der Waals surface area contributed by atoms with Crippen LogP contribution >= 0.6 is 11.6 Å². The Morgan fingerprint density at radius 1 is 1.10 bits per heavy atom. The van der Waals surface area contributed by atoms with Gasteiger partial charge in [-0.25, -0.2) is 0 Å². The molecule has 20 heavy (non-hydrogen) atoms. The maximum atomic E-state index is 12.1. The van der Waals surface area contributed by atoms with E-state index >= 15 is 0 Å². The first-order valence-corrected chi connectivity index (χ1v) is 6.29. The summed E-state index contributed by atoms with van der Waals surface area (Å²) in [5.41, 5.74) is 1.18. The lowest BCUT2D eigenvalue weighted by Crippen LogP contribution is -2.10. The van der Waals surface area contributed by atoms with Crippen molar-refractivity contribution in [2.45, 2.75) is 0 Å². The highest BCUT2D eigenvalue weighted by Crippen LogP contribution is 2.24. The molecule has 0 spiro atoms. The fraction of sp³-hybridized carbons (Fsp3) is 0. The molecule has 0 aliphatic heterocycles. The van der Waals surface area contributed by atoms with Gasteiger partial charge in [0.1, 0.15) is 11.3 Å². The molecule has 3 aromatic rings. The van der Waals surface area contributed by atoms with Crippen molar-refractivity contribution in [3.63, 3.8) is 0 Å². The Kier molecular flexibility index (Phi) is 3.08. The van der Waals surface area contributed by atoms with Gasteiger partial charge in [-0.1, -0.05) is 11.6 Å². The summed E-state index contributed by atoms with van der Waals surface area (Å²) in [5.74, 6) is -0.0141. The molecule has 100 valence electrons. The first-order valence-electron chi connectivity index (χ1n) is 5.91. The Labute approximate surface area is 119 Å². The van der Waals surface area contributed by atoms with Crippen molar-refractivity contribution < 1.29 is 14.3 Å². The zero-order chi connectivity index (χ0) is 14.1. The SMILES string of the molecule is O=C(Nc1ccc(O)cc1)c1cc2cc(Cl)ccc2o1. The third-order valence-corrected chi connectivity index (χ3v) is 3.06. The number of benzene rings is 2. The molecule has 0 aliphatic rings. The van der Waals surface area contributed by atoms with E-state index in [9.17, 15) is 9.90 Å². The number of phenols is 1. The summed E-state index contributed by atoms with van der Waals surface area (Å²) in [6, 6.07) is 13.0. The number of nitrogens with one attached hydrogen (secondary N) is 1. The number of rotatable bonds is 2.